The number of carbonyl (C=O) groups is 1. The zero-order valence-corrected chi connectivity index (χ0v) is 18.3. The number of aromatic nitrogens is 4. The zero-order valence-electron chi connectivity index (χ0n) is 18.3. The SMILES string of the molecule is CCCCc1nc(CCc2ccccc2)nn1Cc1ccc(-n2cccc2C(=O)O)cc1. The average molecular weight is 429 g/mol. The molecule has 4 aromatic rings. The Balaban J connectivity index is 1.50. The van der Waals surface area contributed by atoms with Gasteiger partial charge in [0.2, 0.25) is 0 Å². The second-order valence-corrected chi connectivity index (χ2v) is 7.93. The number of nitrogens with zero attached hydrogens (tertiary/aromatic N) is 4. The first kappa shape index (κ1) is 21.6. The third-order valence-electron chi connectivity index (χ3n) is 5.54. The molecule has 0 aliphatic rings. The minimum Gasteiger partial charge on any atom is -0.477 e. The van der Waals surface area contributed by atoms with E-state index in [1.54, 1.807) is 22.9 Å². The van der Waals surface area contributed by atoms with Crippen LogP contribution in [0.3, 0.4) is 0 Å². The summed E-state index contributed by atoms with van der Waals surface area (Å²) in [7, 11) is 0. The van der Waals surface area contributed by atoms with Gasteiger partial charge in [0.25, 0.3) is 0 Å². The molecular formula is C26H28N4O2. The molecule has 0 amide bonds. The van der Waals surface area contributed by atoms with Crippen LogP contribution in [0.2, 0.25) is 0 Å². The van der Waals surface area contributed by atoms with Crippen LogP contribution in [0.4, 0.5) is 0 Å². The van der Waals surface area contributed by atoms with Gasteiger partial charge in [0.15, 0.2) is 5.82 Å². The minimum atomic E-state index is -0.940. The highest BCUT2D eigenvalue weighted by atomic mass is 16.4. The maximum atomic E-state index is 11.4. The molecule has 32 heavy (non-hydrogen) atoms. The predicted molar refractivity (Wildman–Crippen MR) is 124 cm³/mol. The van der Waals surface area contributed by atoms with Gasteiger partial charge in [-0.1, -0.05) is 55.8 Å². The maximum absolute atomic E-state index is 11.4. The van der Waals surface area contributed by atoms with Gasteiger partial charge in [0.05, 0.1) is 6.54 Å². The number of unbranched alkanes of at least 4 members (excludes halogenated alkanes) is 1. The van der Waals surface area contributed by atoms with Crippen LogP contribution in [0.15, 0.2) is 72.9 Å². The minimum absolute atomic E-state index is 0.249. The summed E-state index contributed by atoms with van der Waals surface area (Å²) < 4.78 is 3.69. The van der Waals surface area contributed by atoms with E-state index in [0.29, 0.717) is 6.54 Å². The van der Waals surface area contributed by atoms with Gasteiger partial charge in [-0.05, 0) is 48.2 Å². The van der Waals surface area contributed by atoms with Crippen molar-refractivity contribution < 1.29 is 9.90 Å². The van der Waals surface area contributed by atoms with E-state index >= 15 is 0 Å². The first-order chi connectivity index (χ1) is 15.6. The number of carboxylic acid groups (broad SMARTS) is 1. The number of hydrogen-bond acceptors (Lipinski definition) is 3. The summed E-state index contributed by atoms with van der Waals surface area (Å²) >= 11 is 0. The van der Waals surface area contributed by atoms with Crippen LogP contribution in [-0.4, -0.2) is 30.4 Å². The van der Waals surface area contributed by atoms with Crippen LogP contribution < -0.4 is 0 Å². The van der Waals surface area contributed by atoms with Crippen LogP contribution in [-0.2, 0) is 25.8 Å². The lowest BCUT2D eigenvalue weighted by Crippen LogP contribution is -2.08. The maximum Gasteiger partial charge on any atom is 0.352 e. The van der Waals surface area contributed by atoms with Crippen molar-refractivity contribution in [2.45, 2.75) is 45.6 Å². The second kappa shape index (κ2) is 10.1. The van der Waals surface area contributed by atoms with Crippen LogP contribution >= 0.6 is 0 Å². The van der Waals surface area contributed by atoms with Crippen molar-refractivity contribution in [2.75, 3.05) is 0 Å². The fraction of sp³-hybridized carbons (Fsp3) is 0.269. The van der Waals surface area contributed by atoms with Gasteiger partial charge in [0.1, 0.15) is 11.5 Å². The van der Waals surface area contributed by atoms with Gasteiger partial charge in [-0.2, -0.15) is 5.10 Å². The zero-order chi connectivity index (χ0) is 22.3. The van der Waals surface area contributed by atoms with Crippen molar-refractivity contribution in [2.24, 2.45) is 0 Å². The Morgan fingerprint density at radius 3 is 2.41 bits per heavy atom. The summed E-state index contributed by atoms with van der Waals surface area (Å²) in [5.41, 5.74) is 3.47. The fourth-order valence-electron chi connectivity index (χ4n) is 3.79. The second-order valence-electron chi connectivity index (χ2n) is 7.93. The molecule has 0 aliphatic carbocycles. The molecule has 1 N–H and O–H groups in total. The smallest absolute Gasteiger partial charge is 0.352 e. The standard InChI is InChI=1S/C26H28N4O2/c1-2-3-11-25-27-24(17-14-20-8-5-4-6-9-20)28-30(25)19-21-12-15-22(16-13-21)29-18-7-10-23(29)26(31)32/h4-10,12-13,15-16,18H,2-3,11,14,17,19H2,1H3,(H,31,32). The van der Waals surface area contributed by atoms with Crippen LogP contribution in [0, 0.1) is 0 Å². The van der Waals surface area contributed by atoms with E-state index in [2.05, 4.69) is 31.2 Å². The summed E-state index contributed by atoms with van der Waals surface area (Å²) in [6.07, 6.45) is 6.62. The number of aromatic carboxylic acids is 1. The van der Waals surface area contributed by atoms with Gasteiger partial charge in [-0.25, -0.2) is 14.5 Å². The summed E-state index contributed by atoms with van der Waals surface area (Å²) in [6, 6.07) is 21.7. The Hall–Kier alpha value is -3.67. The third-order valence-corrected chi connectivity index (χ3v) is 5.54. The molecule has 2 heterocycles. The van der Waals surface area contributed by atoms with Gasteiger partial charge in [-0.3, -0.25) is 0 Å². The molecule has 0 fully saturated rings. The predicted octanol–water partition coefficient (Wildman–Crippen LogP) is 4.94. The Kier molecular flexibility index (Phi) is 6.80. The van der Waals surface area contributed by atoms with Crippen LogP contribution in [0.25, 0.3) is 5.69 Å². The molecule has 0 aliphatic heterocycles. The molecule has 2 aromatic heterocycles. The monoisotopic (exact) mass is 428 g/mol. The Morgan fingerprint density at radius 2 is 1.69 bits per heavy atom. The third kappa shape index (κ3) is 5.14. The number of carboxylic acids is 1. The largest absolute Gasteiger partial charge is 0.477 e. The Morgan fingerprint density at radius 1 is 0.906 bits per heavy atom. The molecule has 0 atom stereocenters. The summed E-state index contributed by atoms with van der Waals surface area (Å²) in [4.78, 5) is 16.2. The molecule has 6 nitrogen and oxygen atoms in total. The summed E-state index contributed by atoms with van der Waals surface area (Å²) in [5, 5.41) is 14.2. The van der Waals surface area contributed by atoms with E-state index in [1.807, 2.05) is 35.0 Å². The normalized spacial score (nSPS) is 11.0. The molecule has 164 valence electrons. The van der Waals surface area contributed by atoms with Crippen molar-refractivity contribution in [1.29, 1.82) is 0 Å². The van der Waals surface area contributed by atoms with Gasteiger partial charge < -0.3 is 9.67 Å². The number of rotatable bonds is 10. The number of benzene rings is 2. The average Bonchev–Trinajstić information content (AvgIpc) is 3.45. The number of hydrogen-bond donors (Lipinski definition) is 1. The van der Waals surface area contributed by atoms with E-state index in [-0.39, 0.29) is 5.69 Å². The molecule has 0 saturated carbocycles. The molecule has 0 saturated heterocycles. The van der Waals surface area contributed by atoms with Gasteiger partial charge in [0, 0.05) is 24.7 Å². The highest BCUT2D eigenvalue weighted by Crippen LogP contribution is 2.16. The quantitative estimate of drug-likeness (QED) is 0.388. The summed E-state index contributed by atoms with van der Waals surface area (Å²) in [6.45, 7) is 2.83. The van der Waals surface area contributed by atoms with Crippen molar-refractivity contribution in [1.82, 2.24) is 19.3 Å². The highest BCUT2D eigenvalue weighted by Gasteiger charge is 2.12. The lowest BCUT2D eigenvalue weighted by Gasteiger charge is -2.09. The molecule has 6 heteroatoms. The van der Waals surface area contributed by atoms with Crippen molar-refractivity contribution in [3.63, 3.8) is 0 Å². The molecule has 0 spiro atoms. The van der Waals surface area contributed by atoms with Gasteiger partial charge in [-0.15, -0.1) is 0 Å². The first-order valence-corrected chi connectivity index (χ1v) is 11.1. The molecule has 0 bridgehead atoms. The van der Waals surface area contributed by atoms with Crippen molar-refractivity contribution >= 4 is 5.97 Å². The first-order valence-electron chi connectivity index (χ1n) is 11.1. The lowest BCUT2D eigenvalue weighted by molar-refractivity contribution is 0.0688. The topological polar surface area (TPSA) is 72.9 Å². The molecular weight excluding hydrogens is 400 g/mol. The molecule has 0 unspecified atom stereocenters. The van der Waals surface area contributed by atoms with Gasteiger partial charge >= 0.3 is 5.97 Å². The molecule has 4 rings (SSSR count). The molecule has 2 aromatic carbocycles. The van der Waals surface area contributed by atoms with E-state index in [1.165, 1.54) is 5.56 Å². The summed E-state index contributed by atoms with van der Waals surface area (Å²) in [5.74, 6) is 0.970. The van der Waals surface area contributed by atoms with E-state index in [9.17, 15) is 9.90 Å². The lowest BCUT2D eigenvalue weighted by atomic mass is 10.1. The molecule has 0 radical (unpaired) electrons. The van der Waals surface area contributed by atoms with Crippen molar-refractivity contribution in [3.8, 4) is 5.69 Å². The Bertz CT molecular complexity index is 1160. The van der Waals surface area contributed by atoms with E-state index < -0.39 is 5.97 Å². The number of aryl methyl sites for hydroxylation is 3. The van der Waals surface area contributed by atoms with Crippen LogP contribution in [0.1, 0.15) is 53.0 Å². The Labute approximate surface area is 188 Å². The van der Waals surface area contributed by atoms with E-state index in [0.717, 1.165) is 55.0 Å². The van der Waals surface area contributed by atoms with Crippen LogP contribution in [0.5, 0.6) is 0 Å². The highest BCUT2D eigenvalue weighted by molar-refractivity contribution is 5.86. The van der Waals surface area contributed by atoms with E-state index in [4.69, 9.17) is 10.1 Å². The van der Waals surface area contributed by atoms with Crippen molar-refractivity contribution in [3.05, 3.63) is 101 Å². The fourth-order valence-corrected chi connectivity index (χ4v) is 3.79.